The molecule has 0 aliphatic heterocycles. The highest BCUT2D eigenvalue weighted by Crippen LogP contribution is 2.18. The summed E-state index contributed by atoms with van der Waals surface area (Å²) in [6, 6.07) is 24.5. The molecule has 0 spiro atoms. The average Bonchev–Trinajstić information content (AvgIpc) is 2.69. The van der Waals surface area contributed by atoms with Crippen LogP contribution in [-0.2, 0) is 11.2 Å². The molecule has 2 N–H and O–H groups in total. The molecule has 0 heterocycles. The number of hydrogen-bond acceptors (Lipinski definition) is 2. The van der Waals surface area contributed by atoms with Crippen molar-refractivity contribution < 1.29 is 9.59 Å². The van der Waals surface area contributed by atoms with Crippen LogP contribution in [0.2, 0.25) is 0 Å². The molecule has 4 nitrogen and oxygen atoms in total. The van der Waals surface area contributed by atoms with Gasteiger partial charge >= 0.3 is 0 Å². The third kappa shape index (κ3) is 5.28. The Morgan fingerprint density at radius 2 is 1.44 bits per heavy atom. The van der Waals surface area contributed by atoms with Crippen LogP contribution >= 0.6 is 0 Å². The van der Waals surface area contributed by atoms with Crippen molar-refractivity contribution in [3.8, 4) is 0 Å². The van der Waals surface area contributed by atoms with E-state index in [1.54, 1.807) is 24.3 Å². The van der Waals surface area contributed by atoms with E-state index in [1.807, 2.05) is 61.5 Å². The monoisotopic (exact) mass is 358 g/mol. The lowest BCUT2D eigenvalue weighted by atomic mass is 10.1. The zero-order chi connectivity index (χ0) is 19.1. The number of rotatable bonds is 6. The van der Waals surface area contributed by atoms with Gasteiger partial charge in [-0.2, -0.15) is 0 Å². The second-order valence-electron chi connectivity index (χ2n) is 6.40. The summed E-state index contributed by atoms with van der Waals surface area (Å²) in [5, 5.41) is 5.72. The Balaban J connectivity index is 1.65. The first-order valence-electron chi connectivity index (χ1n) is 8.92. The van der Waals surface area contributed by atoms with Crippen LogP contribution in [0, 0.1) is 6.92 Å². The summed E-state index contributed by atoms with van der Waals surface area (Å²) in [5.74, 6) is -0.368. The number of carbonyl (C=O) groups excluding carboxylic acids is 2. The number of benzene rings is 3. The lowest BCUT2D eigenvalue weighted by Crippen LogP contribution is -2.18. The summed E-state index contributed by atoms with van der Waals surface area (Å²) in [6.45, 7) is 1.99. The molecule has 136 valence electrons. The number of aryl methyl sites for hydroxylation is 2. The second kappa shape index (κ2) is 8.81. The molecule has 3 rings (SSSR count). The summed E-state index contributed by atoms with van der Waals surface area (Å²) < 4.78 is 0. The molecule has 27 heavy (non-hydrogen) atoms. The molecule has 4 heteroatoms. The van der Waals surface area contributed by atoms with Crippen molar-refractivity contribution >= 4 is 23.2 Å². The molecular formula is C23H22N2O2. The molecule has 0 aliphatic rings. The van der Waals surface area contributed by atoms with Crippen molar-refractivity contribution in [3.05, 3.63) is 95.6 Å². The van der Waals surface area contributed by atoms with Gasteiger partial charge in [-0.05, 0) is 43.2 Å². The van der Waals surface area contributed by atoms with E-state index in [0.29, 0.717) is 24.1 Å². The molecule has 0 saturated heterocycles. The van der Waals surface area contributed by atoms with Crippen LogP contribution in [0.1, 0.15) is 27.9 Å². The minimum Gasteiger partial charge on any atom is -0.325 e. The van der Waals surface area contributed by atoms with Crippen LogP contribution in [-0.4, -0.2) is 11.8 Å². The first kappa shape index (κ1) is 18.4. The third-order valence-corrected chi connectivity index (χ3v) is 4.24. The number of carbonyl (C=O) groups is 2. The molecule has 0 aromatic heterocycles. The number of anilines is 2. The van der Waals surface area contributed by atoms with Gasteiger partial charge in [-0.3, -0.25) is 9.59 Å². The maximum absolute atomic E-state index is 12.6. The largest absolute Gasteiger partial charge is 0.325 e. The Morgan fingerprint density at radius 3 is 2.19 bits per heavy atom. The topological polar surface area (TPSA) is 58.2 Å². The summed E-state index contributed by atoms with van der Waals surface area (Å²) in [7, 11) is 0. The average molecular weight is 358 g/mol. The molecule has 0 saturated carbocycles. The van der Waals surface area contributed by atoms with Gasteiger partial charge in [0.2, 0.25) is 5.91 Å². The van der Waals surface area contributed by atoms with Crippen LogP contribution in [0.3, 0.4) is 0 Å². The van der Waals surface area contributed by atoms with E-state index in [-0.39, 0.29) is 11.8 Å². The van der Waals surface area contributed by atoms with Gasteiger partial charge in [0.15, 0.2) is 0 Å². The van der Waals surface area contributed by atoms with Crippen molar-refractivity contribution in [2.45, 2.75) is 19.8 Å². The van der Waals surface area contributed by atoms with Crippen LogP contribution in [0.4, 0.5) is 11.4 Å². The first-order chi connectivity index (χ1) is 13.1. The van der Waals surface area contributed by atoms with E-state index in [0.717, 1.165) is 16.8 Å². The van der Waals surface area contributed by atoms with E-state index in [2.05, 4.69) is 10.6 Å². The molecule has 0 fully saturated rings. The maximum Gasteiger partial charge on any atom is 0.257 e. The highest BCUT2D eigenvalue weighted by molar-refractivity contribution is 6.10. The van der Waals surface area contributed by atoms with Crippen molar-refractivity contribution in [3.63, 3.8) is 0 Å². The quantitative estimate of drug-likeness (QED) is 0.664. The maximum atomic E-state index is 12.6. The molecule has 3 aromatic carbocycles. The van der Waals surface area contributed by atoms with E-state index in [4.69, 9.17) is 0 Å². The van der Waals surface area contributed by atoms with Crippen molar-refractivity contribution in [2.24, 2.45) is 0 Å². The summed E-state index contributed by atoms with van der Waals surface area (Å²) in [6.07, 6.45) is 1.02. The highest BCUT2D eigenvalue weighted by atomic mass is 16.2. The van der Waals surface area contributed by atoms with E-state index < -0.39 is 0 Å². The van der Waals surface area contributed by atoms with E-state index in [1.165, 1.54) is 0 Å². The number of hydrogen-bond donors (Lipinski definition) is 2. The highest BCUT2D eigenvalue weighted by Gasteiger charge is 2.13. The fourth-order valence-electron chi connectivity index (χ4n) is 2.74. The summed E-state index contributed by atoms with van der Waals surface area (Å²) in [4.78, 5) is 24.9. The van der Waals surface area contributed by atoms with Gasteiger partial charge in [0.05, 0.1) is 11.3 Å². The Morgan fingerprint density at radius 1 is 0.778 bits per heavy atom. The zero-order valence-electron chi connectivity index (χ0n) is 15.2. The van der Waals surface area contributed by atoms with Gasteiger partial charge in [0.25, 0.3) is 5.91 Å². The van der Waals surface area contributed by atoms with Gasteiger partial charge in [0, 0.05) is 12.1 Å². The molecule has 0 bridgehead atoms. The lowest BCUT2D eigenvalue weighted by Gasteiger charge is -2.12. The molecule has 0 radical (unpaired) electrons. The standard InChI is InChI=1S/C23H22N2O2/c1-17-11-14-19(15-12-17)24-23(27)20-9-5-6-10-21(20)25-22(26)16-13-18-7-3-2-4-8-18/h2-12,14-15H,13,16H2,1H3,(H,24,27)(H,25,26). The molecular weight excluding hydrogens is 336 g/mol. The van der Waals surface area contributed by atoms with Crippen LogP contribution in [0.15, 0.2) is 78.9 Å². The fraction of sp³-hybridized carbons (Fsp3) is 0.130. The zero-order valence-corrected chi connectivity index (χ0v) is 15.2. The van der Waals surface area contributed by atoms with Gasteiger partial charge in [0.1, 0.15) is 0 Å². The second-order valence-corrected chi connectivity index (χ2v) is 6.40. The number of para-hydroxylation sites is 1. The molecule has 3 aromatic rings. The third-order valence-electron chi connectivity index (χ3n) is 4.24. The number of amides is 2. The summed E-state index contributed by atoms with van der Waals surface area (Å²) in [5.41, 5.74) is 3.90. The fourth-order valence-corrected chi connectivity index (χ4v) is 2.74. The van der Waals surface area contributed by atoms with Crippen LogP contribution < -0.4 is 10.6 Å². The Kier molecular flexibility index (Phi) is 6.00. The normalized spacial score (nSPS) is 10.3. The lowest BCUT2D eigenvalue weighted by molar-refractivity contribution is -0.116. The SMILES string of the molecule is Cc1ccc(NC(=O)c2ccccc2NC(=O)CCc2ccccc2)cc1. The first-order valence-corrected chi connectivity index (χ1v) is 8.92. The van der Waals surface area contributed by atoms with Crippen LogP contribution in [0.25, 0.3) is 0 Å². The predicted octanol–water partition coefficient (Wildman–Crippen LogP) is 4.82. The minimum atomic E-state index is -0.252. The van der Waals surface area contributed by atoms with Crippen molar-refractivity contribution in [1.29, 1.82) is 0 Å². The van der Waals surface area contributed by atoms with Crippen molar-refractivity contribution in [1.82, 2.24) is 0 Å². The van der Waals surface area contributed by atoms with E-state index >= 15 is 0 Å². The smallest absolute Gasteiger partial charge is 0.257 e. The molecule has 0 unspecified atom stereocenters. The molecule has 0 aliphatic carbocycles. The minimum absolute atomic E-state index is 0.116. The Bertz CT molecular complexity index is 919. The van der Waals surface area contributed by atoms with Gasteiger partial charge < -0.3 is 10.6 Å². The van der Waals surface area contributed by atoms with Crippen molar-refractivity contribution in [2.75, 3.05) is 10.6 Å². The van der Waals surface area contributed by atoms with Gasteiger partial charge in [-0.1, -0.05) is 60.2 Å². The summed E-state index contributed by atoms with van der Waals surface area (Å²) >= 11 is 0. The molecule has 2 amide bonds. The Labute approximate surface area is 159 Å². The van der Waals surface area contributed by atoms with E-state index in [9.17, 15) is 9.59 Å². The van der Waals surface area contributed by atoms with Gasteiger partial charge in [-0.25, -0.2) is 0 Å². The Hall–Kier alpha value is -3.40. The molecule has 0 atom stereocenters. The number of nitrogens with one attached hydrogen (secondary N) is 2. The van der Waals surface area contributed by atoms with Crippen LogP contribution in [0.5, 0.6) is 0 Å². The van der Waals surface area contributed by atoms with Gasteiger partial charge in [-0.15, -0.1) is 0 Å². The predicted molar refractivity (Wildman–Crippen MR) is 109 cm³/mol.